The maximum absolute atomic E-state index is 6.13. The average molecular weight is 297 g/mol. The summed E-state index contributed by atoms with van der Waals surface area (Å²) in [4.78, 5) is 8.57. The molecule has 3 nitrogen and oxygen atoms in total. The third kappa shape index (κ3) is 3.66. The van der Waals surface area contributed by atoms with Crippen LogP contribution >= 0.6 is 23.2 Å². The van der Waals surface area contributed by atoms with Gasteiger partial charge < -0.3 is 4.74 Å². The van der Waals surface area contributed by atoms with Gasteiger partial charge in [-0.1, -0.05) is 35.3 Å². The number of nitrogens with zero attached hydrogens (tertiary/aromatic N) is 2. The van der Waals surface area contributed by atoms with E-state index in [1.54, 1.807) is 6.07 Å². The fourth-order valence-corrected chi connectivity index (χ4v) is 2.00. The molecule has 1 heterocycles. The Balaban J connectivity index is 2.37. The molecule has 5 heteroatoms. The third-order valence-corrected chi connectivity index (χ3v) is 3.24. The fourth-order valence-electron chi connectivity index (χ4n) is 1.62. The minimum atomic E-state index is 0.351. The summed E-state index contributed by atoms with van der Waals surface area (Å²) >= 11 is 12.1. The predicted octanol–water partition coefficient (Wildman–Crippen LogP) is 4.30. The van der Waals surface area contributed by atoms with Crippen LogP contribution in [0.25, 0.3) is 11.3 Å². The number of benzene rings is 1. The van der Waals surface area contributed by atoms with Crippen LogP contribution in [0.4, 0.5) is 0 Å². The van der Waals surface area contributed by atoms with Crippen molar-refractivity contribution in [1.82, 2.24) is 9.97 Å². The zero-order chi connectivity index (χ0) is 13.8. The molecule has 0 N–H and O–H groups in total. The minimum Gasteiger partial charge on any atom is -0.374 e. The van der Waals surface area contributed by atoms with E-state index in [-0.39, 0.29) is 0 Å². The largest absolute Gasteiger partial charge is 0.374 e. The van der Waals surface area contributed by atoms with Crippen molar-refractivity contribution in [3.05, 3.63) is 45.8 Å². The average Bonchev–Trinajstić information content (AvgIpc) is 2.39. The lowest BCUT2D eigenvalue weighted by Crippen LogP contribution is -2.00. The van der Waals surface area contributed by atoms with Gasteiger partial charge in [-0.3, -0.25) is 0 Å². The Morgan fingerprint density at radius 2 is 1.95 bits per heavy atom. The number of aromatic nitrogens is 2. The van der Waals surface area contributed by atoms with Crippen LogP contribution in [0.3, 0.4) is 0 Å². The highest BCUT2D eigenvalue weighted by atomic mass is 35.5. The topological polar surface area (TPSA) is 35.0 Å². The molecule has 1 aromatic heterocycles. The van der Waals surface area contributed by atoms with Crippen molar-refractivity contribution < 1.29 is 4.74 Å². The molecule has 0 amide bonds. The summed E-state index contributed by atoms with van der Waals surface area (Å²) < 4.78 is 5.30. The van der Waals surface area contributed by atoms with Gasteiger partial charge in [-0.15, -0.1) is 0 Å². The van der Waals surface area contributed by atoms with Gasteiger partial charge in [0.25, 0.3) is 0 Å². The summed E-state index contributed by atoms with van der Waals surface area (Å²) in [5.74, 6) is 0.570. The van der Waals surface area contributed by atoms with E-state index in [2.05, 4.69) is 9.97 Å². The second kappa shape index (κ2) is 6.33. The van der Waals surface area contributed by atoms with E-state index in [4.69, 9.17) is 27.9 Å². The molecule has 100 valence electrons. The van der Waals surface area contributed by atoms with Gasteiger partial charge in [-0.2, -0.15) is 0 Å². The van der Waals surface area contributed by atoms with Gasteiger partial charge in [0.1, 0.15) is 11.8 Å². The monoisotopic (exact) mass is 296 g/mol. The number of rotatable bonds is 4. The van der Waals surface area contributed by atoms with E-state index in [0.717, 1.165) is 16.8 Å². The Hall–Kier alpha value is -1.16. The maximum Gasteiger partial charge on any atom is 0.156 e. The van der Waals surface area contributed by atoms with Crippen LogP contribution in [-0.2, 0) is 11.3 Å². The van der Waals surface area contributed by atoms with Gasteiger partial charge in [0.05, 0.1) is 5.69 Å². The Morgan fingerprint density at radius 1 is 1.16 bits per heavy atom. The van der Waals surface area contributed by atoms with Gasteiger partial charge in [-0.25, -0.2) is 9.97 Å². The van der Waals surface area contributed by atoms with Crippen LogP contribution < -0.4 is 0 Å². The molecule has 2 aromatic rings. The molecule has 0 aliphatic rings. The highest BCUT2D eigenvalue weighted by Gasteiger charge is 2.07. The van der Waals surface area contributed by atoms with Crippen LogP contribution in [0, 0.1) is 6.92 Å². The molecule has 0 aliphatic heterocycles. The van der Waals surface area contributed by atoms with Gasteiger partial charge in [0, 0.05) is 23.3 Å². The molecule has 0 unspecified atom stereocenters. The predicted molar refractivity (Wildman–Crippen MR) is 77.6 cm³/mol. The number of aryl methyl sites for hydroxylation is 1. The Bertz CT molecular complexity index is 588. The molecule has 0 fully saturated rings. The van der Waals surface area contributed by atoms with E-state index in [1.807, 2.05) is 32.0 Å². The zero-order valence-electron chi connectivity index (χ0n) is 10.8. The molecular formula is C14H14Cl2N2O. The molecule has 0 spiro atoms. The van der Waals surface area contributed by atoms with E-state index < -0.39 is 0 Å². The molecule has 0 aliphatic carbocycles. The summed E-state index contributed by atoms with van der Waals surface area (Å²) in [6, 6.07) is 7.51. The summed E-state index contributed by atoms with van der Waals surface area (Å²) in [5.41, 5.74) is 2.69. The van der Waals surface area contributed by atoms with Crippen LogP contribution in [0.5, 0.6) is 0 Å². The first kappa shape index (κ1) is 14.3. The molecule has 0 saturated heterocycles. The lowest BCUT2D eigenvalue weighted by Gasteiger charge is -2.07. The van der Waals surface area contributed by atoms with Crippen LogP contribution in [-0.4, -0.2) is 16.6 Å². The summed E-state index contributed by atoms with van der Waals surface area (Å²) in [6.07, 6.45) is 0. The van der Waals surface area contributed by atoms with Gasteiger partial charge in [0.15, 0.2) is 5.82 Å². The fraction of sp³-hybridized carbons (Fsp3) is 0.286. The second-order valence-corrected chi connectivity index (χ2v) is 4.89. The maximum atomic E-state index is 6.13. The number of ether oxygens (including phenoxy) is 1. The molecule has 0 atom stereocenters. The molecular weight excluding hydrogens is 283 g/mol. The van der Waals surface area contributed by atoms with Crippen LogP contribution in [0.2, 0.25) is 10.2 Å². The van der Waals surface area contributed by atoms with Crippen molar-refractivity contribution in [2.45, 2.75) is 20.5 Å². The Morgan fingerprint density at radius 3 is 2.63 bits per heavy atom. The summed E-state index contributed by atoms with van der Waals surface area (Å²) in [6.45, 7) is 4.84. The van der Waals surface area contributed by atoms with Gasteiger partial charge in [-0.05, 0) is 25.5 Å². The third-order valence-electron chi connectivity index (χ3n) is 2.64. The van der Waals surface area contributed by atoms with Crippen molar-refractivity contribution in [3.8, 4) is 11.3 Å². The first-order chi connectivity index (χ1) is 9.10. The number of hydrogen-bond acceptors (Lipinski definition) is 3. The highest BCUT2D eigenvalue weighted by molar-refractivity contribution is 6.31. The minimum absolute atomic E-state index is 0.351. The lowest BCUT2D eigenvalue weighted by atomic mass is 10.1. The number of halogens is 2. The SMILES string of the molecule is CCOCc1nc(Cl)cc(-c2ccc(C)c(Cl)c2)n1. The van der Waals surface area contributed by atoms with Crippen molar-refractivity contribution in [2.75, 3.05) is 6.61 Å². The summed E-state index contributed by atoms with van der Waals surface area (Å²) in [7, 11) is 0. The zero-order valence-corrected chi connectivity index (χ0v) is 12.3. The standard InChI is InChI=1S/C14H14Cl2N2O/c1-3-19-8-14-17-12(7-13(16)18-14)10-5-4-9(2)11(15)6-10/h4-7H,3,8H2,1-2H3. The summed E-state index contributed by atoms with van der Waals surface area (Å²) in [5, 5.41) is 1.11. The van der Waals surface area contributed by atoms with Crippen molar-refractivity contribution in [2.24, 2.45) is 0 Å². The highest BCUT2D eigenvalue weighted by Crippen LogP contribution is 2.25. The normalized spacial score (nSPS) is 10.7. The second-order valence-electron chi connectivity index (χ2n) is 4.09. The first-order valence-electron chi connectivity index (χ1n) is 5.98. The quantitative estimate of drug-likeness (QED) is 0.789. The molecule has 0 radical (unpaired) electrons. The van der Waals surface area contributed by atoms with Crippen molar-refractivity contribution in [3.63, 3.8) is 0 Å². The van der Waals surface area contributed by atoms with E-state index in [0.29, 0.717) is 29.2 Å². The Labute approximate surface area is 122 Å². The molecule has 0 saturated carbocycles. The van der Waals surface area contributed by atoms with Crippen molar-refractivity contribution in [1.29, 1.82) is 0 Å². The van der Waals surface area contributed by atoms with Gasteiger partial charge >= 0.3 is 0 Å². The molecule has 1 aromatic carbocycles. The van der Waals surface area contributed by atoms with E-state index in [1.165, 1.54) is 0 Å². The van der Waals surface area contributed by atoms with E-state index in [9.17, 15) is 0 Å². The molecule has 0 bridgehead atoms. The Kier molecular flexibility index (Phi) is 4.75. The molecule has 2 rings (SSSR count). The lowest BCUT2D eigenvalue weighted by molar-refractivity contribution is 0.128. The smallest absolute Gasteiger partial charge is 0.156 e. The van der Waals surface area contributed by atoms with E-state index >= 15 is 0 Å². The number of hydrogen-bond donors (Lipinski definition) is 0. The first-order valence-corrected chi connectivity index (χ1v) is 6.73. The van der Waals surface area contributed by atoms with Crippen LogP contribution in [0.1, 0.15) is 18.3 Å². The van der Waals surface area contributed by atoms with Crippen molar-refractivity contribution >= 4 is 23.2 Å². The molecule has 19 heavy (non-hydrogen) atoms. The van der Waals surface area contributed by atoms with Crippen LogP contribution in [0.15, 0.2) is 24.3 Å². The van der Waals surface area contributed by atoms with Gasteiger partial charge in [0.2, 0.25) is 0 Å².